The highest BCUT2D eigenvalue weighted by molar-refractivity contribution is 9.11. The van der Waals surface area contributed by atoms with Gasteiger partial charge in [-0.1, -0.05) is 12.1 Å². The van der Waals surface area contributed by atoms with Crippen molar-refractivity contribution in [2.45, 2.75) is 0 Å². The number of halogens is 2. The van der Waals surface area contributed by atoms with Gasteiger partial charge < -0.3 is 19.7 Å². The van der Waals surface area contributed by atoms with E-state index in [9.17, 15) is 30.4 Å². The van der Waals surface area contributed by atoms with Crippen LogP contribution < -0.4 is 9.47 Å². The van der Waals surface area contributed by atoms with Gasteiger partial charge in [-0.15, -0.1) is 0 Å². The maximum atomic E-state index is 11.2. The Bertz CT molecular complexity index is 1650. The number of hydrogen-bond donors (Lipinski definition) is 2. The number of nitro groups is 2. The van der Waals surface area contributed by atoms with Gasteiger partial charge in [0.15, 0.2) is 0 Å². The molecule has 0 bridgehead atoms. The van der Waals surface area contributed by atoms with Crippen LogP contribution in [0.2, 0.25) is 0 Å². The predicted octanol–water partition coefficient (Wildman–Crippen LogP) is 7.62. The number of ether oxygens (including phenoxy) is 2. The highest BCUT2D eigenvalue weighted by atomic mass is 79.9. The van der Waals surface area contributed by atoms with E-state index in [0.717, 1.165) is 11.1 Å². The lowest BCUT2D eigenvalue weighted by Gasteiger charge is -2.11. The number of aliphatic imine (C=N–C) groups is 2. The van der Waals surface area contributed by atoms with Crippen LogP contribution in [0.3, 0.4) is 0 Å². The number of phenolic OH excluding ortho intramolecular Hbond substituents is 2. The number of nitrogens with zero attached hydrogens (tertiary/aromatic N) is 4. The number of rotatable bonds is 9. The highest BCUT2D eigenvalue weighted by Crippen LogP contribution is 2.38. The monoisotopic (exact) mass is 698 g/mol. The summed E-state index contributed by atoms with van der Waals surface area (Å²) in [5, 5.41) is 42.9. The lowest BCUT2D eigenvalue weighted by Crippen LogP contribution is -1.92. The molecule has 4 aromatic carbocycles. The average molecular weight is 700 g/mol. The van der Waals surface area contributed by atoms with Crippen LogP contribution in [0.25, 0.3) is 11.1 Å². The molecule has 0 unspecified atom stereocenters. The Morgan fingerprint density at radius 2 is 1.07 bits per heavy atom. The fraction of sp³-hybridized carbons (Fsp3) is 0.0714. The summed E-state index contributed by atoms with van der Waals surface area (Å²) < 4.78 is 11.3. The van der Waals surface area contributed by atoms with Crippen LogP contribution in [0, 0.1) is 20.2 Å². The molecule has 0 radical (unpaired) electrons. The van der Waals surface area contributed by atoms with Gasteiger partial charge in [-0.05, 0) is 67.3 Å². The van der Waals surface area contributed by atoms with Gasteiger partial charge in [-0.3, -0.25) is 30.2 Å². The molecule has 4 aromatic rings. The third kappa shape index (κ3) is 6.56. The normalized spacial score (nSPS) is 11.2. The van der Waals surface area contributed by atoms with Crippen LogP contribution >= 0.6 is 31.9 Å². The Balaban J connectivity index is 1.64. The van der Waals surface area contributed by atoms with Crippen molar-refractivity contribution in [1.29, 1.82) is 0 Å². The molecule has 0 aliphatic carbocycles. The third-order valence-corrected chi connectivity index (χ3v) is 7.16. The van der Waals surface area contributed by atoms with E-state index in [1.807, 2.05) is 0 Å². The molecule has 0 saturated carbocycles. The third-order valence-electron chi connectivity index (χ3n) is 5.96. The van der Waals surface area contributed by atoms with Crippen molar-refractivity contribution in [2.75, 3.05) is 14.2 Å². The molecule has 4 rings (SSSR count). The molecule has 0 aliphatic heterocycles. The molecule has 0 atom stereocenters. The van der Waals surface area contributed by atoms with Crippen molar-refractivity contribution >= 4 is 67.0 Å². The summed E-state index contributed by atoms with van der Waals surface area (Å²) in [6, 6.07) is 15.3. The standard InChI is InChI=1S/C28H20Br2N4O8/c1-41-25-9-15(3-5-23(25)31-13-17-7-19(33(37)38)11-21(29)27(17)35)16-4-6-24(26(10-16)42-2)32-14-18-8-20(34(39)40)12-22(30)28(18)36/h3-14,35-36H,1-2H3. The fourth-order valence-electron chi connectivity index (χ4n) is 3.82. The quantitative estimate of drug-likeness (QED) is 0.102. The topological polar surface area (TPSA) is 170 Å². The van der Waals surface area contributed by atoms with Crippen molar-refractivity contribution in [3.8, 4) is 34.1 Å². The second kappa shape index (κ2) is 12.8. The molecule has 214 valence electrons. The van der Waals surface area contributed by atoms with Gasteiger partial charge in [0.2, 0.25) is 0 Å². The predicted molar refractivity (Wildman–Crippen MR) is 164 cm³/mol. The van der Waals surface area contributed by atoms with E-state index >= 15 is 0 Å². The molecule has 14 heteroatoms. The Morgan fingerprint density at radius 3 is 1.40 bits per heavy atom. The number of benzene rings is 4. The van der Waals surface area contributed by atoms with Crippen molar-refractivity contribution in [3.05, 3.63) is 101 Å². The molecule has 0 spiro atoms. The molecule has 0 amide bonds. The Kier molecular flexibility index (Phi) is 9.18. The minimum absolute atomic E-state index is 0.147. The van der Waals surface area contributed by atoms with Gasteiger partial charge in [0.05, 0.1) is 33.0 Å². The van der Waals surface area contributed by atoms with E-state index in [1.54, 1.807) is 36.4 Å². The summed E-state index contributed by atoms with van der Waals surface area (Å²) in [6.45, 7) is 0. The van der Waals surface area contributed by atoms with E-state index in [1.165, 1.54) is 50.9 Å². The van der Waals surface area contributed by atoms with Crippen LogP contribution in [0.1, 0.15) is 11.1 Å². The zero-order chi connectivity index (χ0) is 30.6. The van der Waals surface area contributed by atoms with Crippen LogP contribution in [0.15, 0.2) is 79.6 Å². The summed E-state index contributed by atoms with van der Waals surface area (Å²) in [6.07, 6.45) is 2.61. The first kappa shape index (κ1) is 30.1. The minimum Gasteiger partial charge on any atom is -0.506 e. The summed E-state index contributed by atoms with van der Waals surface area (Å²) in [7, 11) is 2.94. The smallest absolute Gasteiger partial charge is 0.271 e. The number of aromatic hydroxyl groups is 2. The molecule has 0 fully saturated rings. The molecule has 42 heavy (non-hydrogen) atoms. The second-order valence-electron chi connectivity index (χ2n) is 8.53. The number of phenols is 2. The van der Waals surface area contributed by atoms with Crippen molar-refractivity contribution < 1.29 is 29.5 Å². The van der Waals surface area contributed by atoms with Crippen LogP contribution in [-0.4, -0.2) is 46.7 Å². The number of non-ortho nitro benzene ring substituents is 2. The molecular formula is C28H20Br2N4O8. The van der Waals surface area contributed by atoms with E-state index in [2.05, 4.69) is 41.8 Å². The molecule has 12 nitrogen and oxygen atoms in total. The molecule has 0 heterocycles. The van der Waals surface area contributed by atoms with E-state index in [-0.39, 0.29) is 42.9 Å². The fourth-order valence-corrected chi connectivity index (χ4v) is 4.75. The van der Waals surface area contributed by atoms with Gasteiger partial charge in [0, 0.05) is 47.8 Å². The van der Waals surface area contributed by atoms with Crippen molar-refractivity contribution in [2.24, 2.45) is 9.98 Å². The largest absolute Gasteiger partial charge is 0.506 e. The minimum atomic E-state index is -0.571. The van der Waals surface area contributed by atoms with Gasteiger partial charge in [-0.2, -0.15) is 0 Å². The van der Waals surface area contributed by atoms with Crippen LogP contribution in [0.4, 0.5) is 22.7 Å². The maximum Gasteiger partial charge on any atom is 0.271 e. The highest BCUT2D eigenvalue weighted by Gasteiger charge is 2.16. The van der Waals surface area contributed by atoms with E-state index in [0.29, 0.717) is 22.9 Å². The van der Waals surface area contributed by atoms with Gasteiger partial charge in [-0.25, -0.2) is 0 Å². The maximum absolute atomic E-state index is 11.2. The van der Waals surface area contributed by atoms with E-state index < -0.39 is 9.85 Å². The first-order valence-corrected chi connectivity index (χ1v) is 13.4. The second-order valence-corrected chi connectivity index (χ2v) is 10.2. The zero-order valence-electron chi connectivity index (χ0n) is 21.8. The molecule has 0 saturated heterocycles. The van der Waals surface area contributed by atoms with E-state index in [4.69, 9.17) is 9.47 Å². The van der Waals surface area contributed by atoms with Crippen LogP contribution in [-0.2, 0) is 0 Å². The summed E-state index contributed by atoms with van der Waals surface area (Å²) >= 11 is 6.22. The lowest BCUT2D eigenvalue weighted by molar-refractivity contribution is -0.385. The number of hydrogen-bond acceptors (Lipinski definition) is 10. The summed E-state index contributed by atoms with van der Waals surface area (Å²) in [5.41, 5.74) is 2.21. The number of methoxy groups -OCH3 is 2. The van der Waals surface area contributed by atoms with Gasteiger partial charge in [0.1, 0.15) is 34.4 Å². The Morgan fingerprint density at radius 1 is 0.690 bits per heavy atom. The lowest BCUT2D eigenvalue weighted by atomic mass is 10.0. The average Bonchev–Trinajstić information content (AvgIpc) is 2.98. The molecule has 0 aliphatic rings. The SMILES string of the molecule is COc1cc(-c2ccc(N=Cc3cc([N+](=O)[O-])cc(Br)c3O)c(OC)c2)ccc1N=Cc1cc([N+](=O)[O-])cc(Br)c1O. The van der Waals surface area contributed by atoms with Crippen molar-refractivity contribution in [1.82, 2.24) is 0 Å². The Hall–Kier alpha value is -4.82. The van der Waals surface area contributed by atoms with Gasteiger partial charge >= 0.3 is 0 Å². The van der Waals surface area contributed by atoms with Crippen molar-refractivity contribution in [3.63, 3.8) is 0 Å². The summed E-state index contributed by atoms with van der Waals surface area (Å²) in [5.74, 6) is 0.423. The Labute approximate surface area is 255 Å². The molecule has 0 aromatic heterocycles. The number of nitro benzene ring substituents is 2. The first-order valence-electron chi connectivity index (χ1n) is 11.8. The summed E-state index contributed by atoms with van der Waals surface area (Å²) in [4.78, 5) is 29.9. The van der Waals surface area contributed by atoms with Crippen LogP contribution in [0.5, 0.6) is 23.0 Å². The first-order chi connectivity index (χ1) is 20.0. The zero-order valence-corrected chi connectivity index (χ0v) is 25.0. The molecule has 2 N–H and O–H groups in total. The van der Waals surface area contributed by atoms with Gasteiger partial charge in [0.25, 0.3) is 11.4 Å². The molecular weight excluding hydrogens is 680 g/mol.